The normalized spacial score (nSPS) is 21.6. The Morgan fingerprint density at radius 3 is 2.79 bits per heavy atom. The minimum atomic E-state index is -3.59. The Hall–Kier alpha value is -0.580. The van der Waals surface area contributed by atoms with E-state index in [1.165, 1.54) is 0 Å². The summed E-state index contributed by atoms with van der Waals surface area (Å²) in [6, 6.07) is 7.29. The van der Waals surface area contributed by atoms with Crippen LogP contribution in [0.3, 0.4) is 0 Å². The van der Waals surface area contributed by atoms with Gasteiger partial charge >= 0.3 is 0 Å². The van der Waals surface area contributed by atoms with Gasteiger partial charge in [-0.1, -0.05) is 24.3 Å². The predicted octanol–water partition coefficient (Wildman–Crippen LogP) is 1.83. The lowest BCUT2D eigenvalue weighted by molar-refractivity contribution is 0.107. The Morgan fingerprint density at radius 1 is 1.36 bits per heavy atom. The molecule has 0 amide bonds. The first kappa shape index (κ1) is 9.96. The monoisotopic (exact) mass is 232 g/mol. The second-order valence-corrected chi connectivity index (χ2v) is 5.99. The third kappa shape index (κ3) is 1.78. The average molecular weight is 233 g/mol. The Kier molecular flexibility index (Phi) is 2.51. The van der Waals surface area contributed by atoms with E-state index in [-0.39, 0.29) is 6.61 Å². The maximum absolute atomic E-state index is 11.2. The number of ether oxygens (including phenoxy) is 1. The van der Waals surface area contributed by atoms with E-state index in [1.807, 2.05) is 12.1 Å². The Balaban J connectivity index is 2.51. The summed E-state index contributed by atoms with van der Waals surface area (Å²) in [6.45, 7) is 0.599. The van der Waals surface area contributed by atoms with Gasteiger partial charge in [0.1, 0.15) is 5.25 Å². The molecule has 1 aliphatic heterocycles. The van der Waals surface area contributed by atoms with Crippen molar-refractivity contribution in [3.8, 4) is 0 Å². The van der Waals surface area contributed by atoms with Crippen LogP contribution in [0.1, 0.15) is 16.4 Å². The van der Waals surface area contributed by atoms with E-state index < -0.39 is 14.3 Å². The van der Waals surface area contributed by atoms with Gasteiger partial charge in [-0.05, 0) is 11.1 Å². The lowest BCUT2D eigenvalue weighted by atomic mass is 10.0. The number of fused-ring (bicyclic) bond motifs is 1. The largest absolute Gasteiger partial charge is 0.375 e. The third-order valence-corrected chi connectivity index (χ3v) is 3.98. The molecule has 14 heavy (non-hydrogen) atoms. The van der Waals surface area contributed by atoms with E-state index in [0.717, 1.165) is 11.1 Å². The molecule has 1 unspecified atom stereocenters. The van der Waals surface area contributed by atoms with Crippen molar-refractivity contribution in [2.24, 2.45) is 0 Å². The molecule has 1 aliphatic rings. The predicted molar refractivity (Wildman–Crippen MR) is 53.6 cm³/mol. The summed E-state index contributed by atoms with van der Waals surface area (Å²) in [6.07, 6.45) is 0. The molecule has 2 rings (SSSR count). The summed E-state index contributed by atoms with van der Waals surface area (Å²) in [5, 5.41) is -0.728. The van der Waals surface area contributed by atoms with E-state index in [2.05, 4.69) is 0 Å². The molecule has 76 valence electrons. The van der Waals surface area contributed by atoms with Crippen molar-refractivity contribution in [3.05, 3.63) is 35.4 Å². The van der Waals surface area contributed by atoms with Crippen LogP contribution in [-0.2, 0) is 20.4 Å². The molecule has 3 nitrogen and oxygen atoms in total. The van der Waals surface area contributed by atoms with Gasteiger partial charge in [-0.3, -0.25) is 0 Å². The van der Waals surface area contributed by atoms with Crippen LogP contribution in [0.15, 0.2) is 24.3 Å². The Morgan fingerprint density at radius 2 is 2.07 bits per heavy atom. The van der Waals surface area contributed by atoms with Crippen LogP contribution in [0, 0.1) is 0 Å². The highest BCUT2D eigenvalue weighted by Crippen LogP contribution is 2.32. The molecule has 1 heterocycles. The summed E-state index contributed by atoms with van der Waals surface area (Å²) in [5.41, 5.74) is 1.65. The highest BCUT2D eigenvalue weighted by atomic mass is 35.7. The molecule has 0 saturated carbocycles. The van der Waals surface area contributed by atoms with Gasteiger partial charge in [0.05, 0.1) is 13.2 Å². The summed E-state index contributed by atoms with van der Waals surface area (Å²) in [7, 11) is 1.74. The van der Waals surface area contributed by atoms with E-state index in [1.54, 1.807) is 12.1 Å². The van der Waals surface area contributed by atoms with Gasteiger partial charge in [0.2, 0.25) is 9.05 Å². The summed E-state index contributed by atoms with van der Waals surface area (Å²) in [5.74, 6) is 0. The number of hydrogen-bond acceptors (Lipinski definition) is 3. The van der Waals surface area contributed by atoms with Gasteiger partial charge in [0.25, 0.3) is 0 Å². The first-order chi connectivity index (χ1) is 6.59. The van der Waals surface area contributed by atoms with Crippen molar-refractivity contribution in [1.29, 1.82) is 0 Å². The maximum atomic E-state index is 11.2. The summed E-state index contributed by atoms with van der Waals surface area (Å²) < 4.78 is 27.6. The molecule has 0 spiro atoms. The van der Waals surface area contributed by atoms with E-state index in [4.69, 9.17) is 15.4 Å². The topological polar surface area (TPSA) is 43.4 Å². The van der Waals surface area contributed by atoms with Gasteiger partial charge in [0, 0.05) is 10.7 Å². The fourth-order valence-corrected chi connectivity index (χ4v) is 2.81. The lowest BCUT2D eigenvalue weighted by Crippen LogP contribution is -2.21. The lowest BCUT2D eigenvalue weighted by Gasteiger charge is -2.22. The van der Waals surface area contributed by atoms with Crippen molar-refractivity contribution in [1.82, 2.24) is 0 Å². The van der Waals surface area contributed by atoms with Crippen LogP contribution in [0.25, 0.3) is 0 Å². The van der Waals surface area contributed by atoms with Crippen molar-refractivity contribution in [2.75, 3.05) is 6.61 Å². The summed E-state index contributed by atoms with van der Waals surface area (Å²) in [4.78, 5) is 0. The van der Waals surface area contributed by atoms with Crippen molar-refractivity contribution in [3.63, 3.8) is 0 Å². The zero-order valence-corrected chi connectivity index (χ0v) is 8.88. The van der Waals surface area contributed by atoms with Crippen molar-refractivity contribution in [2.45, 2.75) is 11.9 Å². The van der Waals surface area contributed by atoms with Gasteiger partial charge < -0.3 is 4.74 Å². The first-order valence-electron chi connectivity index (χ1n) is 4.18. The van der Waals surface area contributed by atoms with Crippen LogP contribution in [0.4, 0.5) is 0 Å². The number of rotatable bonds is 1. The molecule has 1 aromatic rings. The maximum Gasteiger partial charge on any atom is 0.241 e. The standard InChI is InChI=1S/C9H9ClO3S/c10-14(11,12)9-6-13-5-7-3-1-2-4-8(7)9/h1-4,9H,5-6H2. The van der Waals surface area contributed by atoms with Gasteiger partial charge in [-0.15, -0.1) is 0 Å². The number of benzene rings is 1. The highest BCUT2D eigenvalue weighted by Gasteiger charge is 2.30. The van der Waals surface area contributed by atoms with E-state index in [0.29, 0.717) is 6.61 Å². The molecule has 0 fully saturated rings. The Bertz CT molecular complexity index is 441. The smallest absolute Gasteiger partial charge is 0.241 e. The molecule has 0 aromatic heterocycles. The van der Waals surface area contributed by atoms with Crippen LogP contribution in [0.2, 0.25) is 0 Å². The quantitative estimate of drug-likeness (QED) is 0.694. The SMILES string of the molecule is O=S(=O)(Cl)C1COCc2ccccc21. The fourth-order valence-electron chi connectivity index (χ4n) is 1.58. The molecular weight excluding hydrogens is 224 g/mol. The molecule has 0 saturated heterocycles. The second kappa shape index (κ2) is 3.53. The molecule has 1 aromatic carbocycles. The molecule has 5 heteroatoms. The third-order valence-electron chi connectivity index (χ3n) is 2.27. The summed E-state index contributed by atoms with van der Waals surface area (Å²) >= 11 is 0. The molecule has 0 N–H and O–H groups in total. The van der Waals surface area contributed by atoms with Crippen LogP contribution >= 0.6 is 10.7 Å². The van der Waals surface area contributed by atoms with Crippen LogP contribution in [-0.4, -0.2) is 15.0 Å². The zero-order chi connectivity index (χ0) is 10.2. The molecule has 0 bridgehead atoms. The van der Waals surface area contributed by atoms with E-state index in [9.17, 15) is 8.42 Å². The number of hydrogen-bond donors (Lipinski definition) is 0. The highest BCUT2D eigenvalue weighted by molar-refractivity contribution is 8.13. The fraction of sp³-hybridized carbons (Fsp3) is 0.333. The zero-order valence-electron chi connectivity index (χ0n) is 7.31. The molecule has 0 radical (unpaired) electrons. The first-order valence-corrected chi connectivity index (χ1v) is 6.55. The minimum Gasteiger partial charge on any atom is -0.375 e. The molecular formula is C9H9ClO3S. The van der Waals surface area contributed by atoms with Crippen molar-refractivity contribution >= 4 is 19.7 Å². The van der Waals surface area contributed by atoms with E-state index >= 15 is 0 Å². The van der Waals surface area contributed by atoms with Crippen LogP contribution < -0.4 is 0 Å². The average Bonchev–Trinajstić information content (AvgIpc) is 2.15. The van der Waals surface area contributed by atoms with Gasteiger partial charge in [-0.25, -0.2) is 8.42 Å². The second-order valence-electron chi connectivity index (χ2n) is 3.18. The molecule has 0 aliphatic carbocycles. The van der Waals surface area contributed by atoms with Gasteiger partial charge in [0.15, 0.2) is 0 Å². The Labute approximate surface area is 87.1 Å². The van der Waals surface area contributed by atoms with Crippen LogP contribution in [0.5, 0.6) is 0 Å². The molecule has 1 atom stereocenters. The van der Waals surface area contributed by atoms with Gasteiger partial charge in [-0.2, -0.15) is 0 Å². The van der Waals surface area contributed by atoms with Crippen molar-refractivity contribution < 1.29 is 13.2 Å². The number of halogens is 1. The minimum absolute atomic E-state index is 0.142.